The number of benzene rings is 1. The van der Waals surface area contributed by atoms with E-state index in [-0.39, 0.29) is 28.7 Å². The van der Waals surface area contributed by atoms with Crippen molar-refractivity contribution in [3.63, 3.8) is 0 Å². The summed E-state index contributed by atoms with van der Waals surface area (Å²) in [6, 6.07) is 11.3. The first-order valence-corrected chi connectivity index (χ1v) is 7.59. The van der Waals surface area contributed by atoms with Gasteiger partial charge >= 0.3 is 5.97 Å². The third kappa shape index (κ3) is 2.04. The highest BCUT2D eigenvalue weighted by Gasteiger charge is 2.68. The van der Waals surface area contributed by atoms with Crippen molar-refractivity contribution in [2.24, 2.45) is 11.3 Å². The van der Waals surface area contributed by atoms with Gasteiger partial charge in [0.25, 0.3) is 0 Å². The zero-order valence-electron chi connectivity index (χ0n) is 12.6. The maximum atomic E-state index is 12.6. The van der Waals surface area contributed by atoms with Gasteiger partial charge in [-0.3, -0.25) is 4.79 Å². The normalized spacial score (nSPS) is 27.0. The third-order valence-electron chi connectivity index (χ3n) is 5.15. The summed E-state index contributed by atoms with van der Waals surface area (Å²) in [7, 11) is 0. The minimum absolute atomic E-state index is 0.00518. The number of carbonyl (C=O) groups excluding carboxylic acids is 1. The fraction of sp³-hybridized carbons (Fsp3) is 0.278. The molecule has 23 heavy (non-hydrogen) atoms. The zero-order chi connectivity index (χ0) is 16.2. The van der Waals surface area contributed by atoms with Gasteiger partial charge in [0.2, 0.25) is 5.91 Å². The summed E-state index contributed by atoms with van der Waals surface area (Å²) in [6.07, 6.45) is 2.18. The van der Waals surface area contributed by atoms with Crippen LogP contribution in [0, 0.1) is 11.3 Å². The number of fused-ring (bicyclic) bond motifs is 3. The number of carbonyl (C=O) groups is 2. The van der Waals surface area contributed by atoms with E-state index in [0.29, 0.717) is 5.82 Å². The number of pyridine rings is 1. The molecule has 0 unspecified atom stereocenters. The van der Waals surface area contributed by atoms with Crippen molar-refractivity contribution in [3.05, 3.63) is 59.3 Å². The van der Waals surface area contributed by atoms with E-state index < -0.39 is 5.97 Å². The molecule has 0 saturated heterocycles. The predicted molar refractivity (Wildman–Crippen MR) is 84.3 cm³/mol. The summed E-state index contributed by atoms with van der Waals surface area (Å²) in [4.78, 5) is 27.4. The molecule has 1 heterocycles. The number of rotatable bonds is 3. The molecular formula is C18H16N2O3. The summed E-state index contributed by atoms with van der Waals surface area (Å²) in [5.74, 6) is -0.448. The summed E-state index contributed by atoms with van der Waals surface area (Å²) < 4.78 is 0. The minimum atomic E-state index is -1.03. The molecule has 116 valence electrons. The zero-order valence-corrected chi connectivity index (χ0v) is 12.6. The summed E-state index contributed by atoms with van der Waals surface area (Å²) in [5.41, 5.74) is 2.72. The molecule has 2 aliphatic carbocycles. The molecule has 0 radical (unpaired) electrons. The Morgan fingerprint density at radius 3 is 2.74 bits per heavy atom. The van der Waals surface area contributed by atoms with Crippen LogP contribution in [0.2, 0.25) is 0 Å². The highest BCUT2D eigenvalue weighted by Crippen LogP contribution is 2.71. The van der Waals surface area contributed by atoms with E-state index in [9.17, 15) is 9.59 Å². The molecular weight excluding hydrogens is 292 g/mol. The number of nitrogens with one attached hydrogen (secondary N) is 1. The Labute approximate surface area is 133 Å². The van der Waals surface area contributed by atoms with Crippen molar-refractivity contribution in [1.82, 2.24) is 4.98 Å². The van der Waals surface area contributed by atoms with Crippen molar-refractivity contribution < 1.29 is 14.7 Å². The quantitative estimate of drug-likeness (QED) is 0.913. The number of aromatic carboxylic acids is 1. The SMILES string of the molecule is C[C@@]12Cc3ccccc3[C@@H]1[C@H]2C(=O)Nc1ccc(C(=O)O)cn1. The molecule has 1 aromatic heterocycles. The maximum absolute atomic E-state index is 12.6. The number of aromatic nitrogens is 1. The van der Waals surface area contributed by atoms with Crippen molar-refractivity contribution in [2.45, 2.75) is 19.3 Å². The summed E-state index contributed by atoms with van der Waals surface area (Å²) >= 11 is 0. The van der Waals surface area contributed by atoms with Gasteiger partial charge in [-0.15, -0.1) is 0 Å². The van der Waals surface area contributed by atoms with Crippen LogP contribution in [0.3, 0.4) is 0 Å². The molecule has 5 nitrogen and oxygen atoms in total. The molecule has 0 spiro atoms. The summed E-state index contributed by atoms with van der Waals surface area (Å²) in [6.45, 7) is 2.16. The molecule has 1 saturated carbocycles. The van der Waals surface area contributed by atoms with Gasteiger partial charge in [0, 0.05) is 12.1 Å². The number of carboxylic acid groups (broad SMARTS) is 1. The molecule has 4 rings (SSSR count). The molecule has 2 aromatic rings. The van der Waals surface area contributed by atoms with E-state index in [2.05, 4.69) is 29.4 Å². The number of hydrogen-bond donors (Lipinski definition) is 2. The van der Waals surface area contributed by atoms with Crippen molar-refractivity contribution >= 4 is 17.7 Å². The Kier molecular flexibility index (Phi) is 2.82. The van der Waals surface area contributed by atoms with E-state index in [0.717, 1.165) is 6.42 Å². The third-order valence-corrected chi connectivity index (χ3v) is 5.15. The standard InChI is InChI=1S/C18H16N2O3/c1-18-8-10-4-2-3-5-12(10)14(18)15(18)16(21)20-13-7-6-11(9-19-13)17(22)23/h2-7,9,14-15H,8H2,1H3,(H,22,23)(H,19,20,21)/t14-,15+,18-/m1/s1. The van der Waals surface area contributed by atoms with E-state index in [1.54, 1.807) is 0 Å². The topological polar surface area (TPSA) is 79.3 Å². The Bertz CT molecular complexity index is 815. The average Bonchev–Trinajstić information content (AvgIpc) is 3.02. The Hall–Kier alpha value is -2.69. The van der Waals surface area contributed by atoms with Crippen LogP contribution in [-0.2, 0) is 11.2 Å². The second-order valence-electron chi connectivity index (χ2n) is 6.56. The lowest BCUT2D eigenvalue weighted by Gasteiger charge is -2.11. The fourth-order valence-corrected chi connectivity index (χ4v) is 3.98. The highest BCUT2D eigenvalue weighted by atomic mass is 16.4. The second kappa shape index (κ2) is 4.65. The van der Waals surface area contributed by atoms with Gasteiger partial charge in [-0.25, -0.2) is 9.78 Å². The lowest BCUT2D eigenvalue weighted by atomic mass is 9.97. The smallest absolute Gasteiger partial charge is 0.337 e. The lowest BCUT2D eigenvalue weighted by Crippen LogP contribution is -2.20. The van der Waals surface area contributed by atoms with Crippen LogP contribution in [0.15, 0.2) is 42.6 Å². The maximum Gasteiger partial charge on any atom is 0.337 e. The van der Waals surface area contributed by atoms with Gasteiger partial charge in [-0.2, -0.15) is 0 Å². The molecule has 1 amide bonds. The van der Waals surface area contributed by atoms with Gasteiger partial charge < -0.3 is 10.4 Å². The van der Waals surface area contributed by atoms with E-state index in [1.807, 2.05) is 12.1 Å². The van der Waals surface area contributed by atoms with Crippen LogP contribution < -0.4 is 5.32 Å². The van der Waals surface area contributed by atoms with E-state index in [4.69, 9.17) is 5.11 Å². The minimum Gasteiger partial charge on any atom is -0.478 e. The molecule has 0 aliphatic heterocycles. The average molecular weight is 308 g/mol. The van der Waals surface area contributed by atoms with Crippen molar-refractivity contribution in [2.75, 3.05) is 5.32 Å². The predicted octanol–water partition coefficient (Wildman–Crippen LogP) is 2.69. The largest absolute Gasteiger partial charge is 0.478 e. The monoisotopic (exact) mass is 308 g/mol. The van der Waals surface area contributed by atoms with Crippen LogP contribution in [-0.4, -0.2) is 22.0 Å². The highest BCUT2D eigenvalue weighted by molar-refractivity contribution is 5.96. The molecule has 3 atom stereocenters. The van der Waals surface area contributed by atoms with Gasteiger partial charge in [-0.1, -0.05) is 31.2 Å². The van der Waals surface area contributed by atoms with Crippen molar-refractivity contribution in [1.29, 1.82) is 0 Å². The van der Waals surface area contributed by atoms with Crippen LogP contribution in [0.5, 0.6) is 0 Å². The number of amides is 1. The molecule has 2 N–H and O–H groups in total. The van der Waals surface area contributed by atoms with Crippen LogP contribution in [0.25, 0.3) is 0 Å². The van der Waals surface area contributed by atoms with Crippen LogP contribution >= 0.6 is 0 Å². The van der Waals surface area contributed by atoms with Gasteiger partial charge in [0.1, 0.15) is 5.82 Å². The van der Waals surface area contributed by atoms with Gasteiger partial charge in [-0.05, 0) is 35.1 Å². The van der Waals surface area contributed by atoms with Crippen LogP contribution in [0.4, 0.5) is 5.82 Å². The van der Waals surface area contributed by atoms with Gasteiger partial charge in [0.15, 0.2) is 0 Å². The molecule has 5 heteroatoms. The van der Waals surface area contributed by atoms with Crippen molar-refractivity contribution in [3.8, 4) is 0 Å². The first-order chi connectivity index (χ1) is 11.0. The first kappa shape index (κ1) is 13.9. The number of nitrogens with zero attached hydrogens (tertiary/aromatic N) is 1. The van der Waals surface area contributed by atoms with E-state index in [1.165, 1.54) is 29.5 Å². The number of hydrogen-bond acceptors (Lipinski definition) is 3. The molecule has 1 fully saturated rings. The second-order valence-corrected chi connectivity index (χ2v) is 6.56. The lowest BCUT2D eigenvalue weighted by molar-refractivity contribution is -0.118. The first-order valence-electron chi connectivity index (χ1n) is 7.59. The van der Waals surface area contributed by atoms with E-state index >= 15 is 0 Å². The number of carboxylic acids is 1. The Morgan fingerprint density at radius 2 is 2.04 bits per heavy atom. The van der Waals surface area contributed by atoms with Gasteiger partial charge in [0.05, 0.1) is 11.5 Å². The molecule has 1 aromatic carbocycles. The number of anilines is 1. The Balaban J connectivity index is 1.51. The molecule has 2 aliphatic rings. The molecule has 0 bridgehead atoms. The Morgan fingerprint density at radius 1 is 1.26 bits per heavy atom. The van der Waals surface area contributed by atoms with Crippen LogP contribution in [0.1, 0.15) is 34.3 Å². The fourth-order valence-electron chi connectivity index (χ4n) is 3.98. The summed E-state index contributed by atoms with van der Waals surface area (Å²) in [5, 5.41) is 11.7.